The predicted octanol–water partition coefficient (Wildman–Crippen LogP) is 4.18. The number of carbonyl (C=O) groups excluding carboxylic acids is 1. The first-order valence-corrected chi connectivity index (χ1v) is 11.4. The molecule has 2 unspecified atom stereocenters. The van der Waals surface area contributed by atoms with Crippen LogP contribution in [0.15, 0.2) is 30.5 Å². The molecular weight excluding hydrogens is 402 g/mol. The molecule has 168 valence electrons. The van der Waals surface area contributed by atoms with E-state index in [1.807, 2.05) is 18.2 Å². The molecule has 2 aliphatic rings. The minimum absolute atomic E-state index is 0.103. The predicted molar refractivity (Wildman–Crippen MR) is 124 cm³/mol. The molecule has 0 radical (unpaired) electrons. The summed E-state index contributed by atoms with van der Waals surface area (Å²) >= 11 is 0. The van der Waals surface area contributed by atoms with Crippen LogP contribution in [0.2, 0.25) is 0 Å². The van der Waals surface area contributed by atoms with Crippen LogP contribution >= 0.6 is 0 Å². The van der Waals surface area contributed by atoms with Crippen LogP contribution in [0.25, 0.3) is 5.57 Å². The van der Waals surface area contributed by atoms with Gasteiger partial charge in [0.25, 0.3) is 5.91 Å². The van der Waals surface area contributed by atoms with E-state index in [9.17, 15) is 9.90 Å². The average molecular weight is 434 g/mol. The topological polar surface area (TPSA) is 105 Å². The fourth-order valence-corrected chi connectivity index (χ4v) is 4.98. The van der Waals surface area contributed by atoms with E-state index in [4.69, 9.17) is 5.26 Å². The highest BCUT2D eigenvalue weighted by atomic mass is 16.3. The first-order valence-electron chi connectivity index (χ1n) is 11.4. The zero-order chi connectivity index (χ0) is 22.9. The monoisotopic (exact) mass is 433 g/mol. The average Bonchev–Trinajstić information content (AvgIpc) is 3.28. The number of nitriles is 1. The Hall–Kier alpha value is -2.95. The van der Waals surface area contributed by atoms with Crippen molar-refractivity contribution >= 4 is 17.2 Å². The Morgan fingerprint density at radius 1 is 1.31 bits per heavy atom. The standard InChI is InChI=1S/C25H31N5O2/c1-16-12-25(32,13-17(2)30(16)3)19-9-10-22(21(11-19)18-7-5-4-6-8-18)29-24(31)23-27-15-20(14-26)28-23/h7,9-11,15-17,32H,4-6,8,12-13H2,1-3H3,(H,27,28)(H,29,31). The second kappa shape index (κ2) is 8.89. The first-order chi connectivity index (χ1) is 15.3. The fraction of sp³-hybridized carbons (Fsp3) is 0.480. The van der Waals surface area contributed by atoms with Gasteiger partial charge in [-0.3, -0.25) is 4.79 Å². The van der Waals surface area contributed by atoms with Gasteiger partial charge in [-0.05, 0) is 82.7 Å². The van der Waals surface area contributed by atoms with Gasteiger partial charge in [0.05, 0.1) is 11.8 Å². The maximum atomic E-state index is 12.8. The number of allylic oxidation sites excluding steroid dienone is 2. The summed E-state index contributed by atoms with van der Waals surface area (Å²) in [7, 11) is 2.11. The maximum absolute atomic E-state index is 12.8. The zero-order valence-electron chi connectivity index (χ0n) is 19.0. The van der Waals surface area contributed by atoms with Crippen LogP contribution in [0.3, 0.4) is 0 Å². The molecule has 0 bridgehead atoms. The number of carbonyl (C=O) groups is 1. The molecule has 1 aliphatic heterocycles. The third-order valence-corrected chi connectivity index (χ3v) is 7.01. The van der Waals surface area contributed by atoms with Crippen molar-refractivity contribution in [1.82, 2.24) is 14.9 Å². The maximum Gasteiger partial charge on any atom is 0.291 e. The second-order valence-electron chi connectivity index (χ2n) is 9.25. The molecule has 32 heavy (non-hydrogen) atoms. The molecule has 1 aromatic carbocycles. The lowest BCUT2D eigenvalue weighted by Gasteiger charge is -2.45. The highest BCUT2D eigenvalue weighted by Gasteiger charge is 2.40. The number of hydrogen-bond acceptors (Lipinski definition) is 5. The number of hydrogen-bond donors (Lipinski definition) is 3. The fourth-order valence-electron chi connectivity index (χ4n) is 4.98. The molecule has 1 fully saturated rings. The number of anilines is 1. The number of imidazole rings is 1. The number of aromatic amines is 1. The van der Waals surface area contributed by atoms with Crippen LogP contribution in [0.4, 0.5) is 5.69 Å². The van der Waals surface area contributed by atoms with Gasteiger partial charge in [-0.1, -0.05) is 12.1 Å². The summed E-state index contributed by atoms with van der Waals surface area (Å²) in [6, 6.07) is 8.36. The Balaban J connectivity index is 1.69. The molecule has 4 rings (SSSR count). The minimum Gasteiger partial charge on any atom is -0.385 e. The summed E-state index contributed by atoms with van der Waals surface area (Å²) in [5, 5.41) is 23.6. The number of aromatic nitrogens is 2. The smallest absolute Gasteiger partial charge is 0.291 e. The molecule has 7 heteroatoms. The first kappa shape index (κ1) is 22.3. The molecule has 1 aliphatic carbocycles. The number of benzene rings is 1. The van der Waals surface area contributed by atoms with E-state index >= 15 is 0 Å². The minimum atomic E-state index is -0.902. The van der Waals surface area contributed by atoms with E-state index in [0.717, 1.165) is 30.4 Å². The molecule has 2 atom stereocenters. The van der Waals surface area contributed by atoms with Crippen LogP contribution in [0, 0.1) is 11.3 Å². The Morgan fingerprint density at radius 2 is 2.06 bits per heavy atom. The van der Waals surface area contributed by atoms with Crippen molar-refractivity contribution in [3.05, 3.63) is 53.1 Å². The number of amides is 1. The summed E-state index contributed by atoms with van der Waals surface area (Å²) in [6.07, 6.45) is 9.15. The van der Waals surface area contributed by atoms with E-state index in [-0.39, 0.29) is 23.6 Å². The van der Waals surface area contributed by atoms with Gasteiger partial charge in [-0.25, -0.2) is 4.98 Å². The van der Waals surface area contributed by atoms with Gasteiger partial charge < -0.3 is 20.3 Å². The van der Waals surface area contributed by atoms with Gasteiger partial charge in [0.15, 0.2) is 5.82 Å². The van der Waals surface area contributed by atoms with Gasteiger partial charge in [-0.15, -0.1) is 0 Å². The molecular formula is C25H31N5O2. The van der Waals surface area contributed by atoms with Gasteiger partial charge in [0, 0.05) is 23.3 Å². The SMILES string of the molecule is CC1CC(O)(c2ccc(NC(=O)c3ncc(C#N)[nH]3)c(C3=CCCCC3)c2)CC(C)N1C. The third kappa shape index (κ3) is 4.34. The summed E-state index contributed by atoms with van der Waals surface area (Å²) in [5.41, 5.74) is 3.08. The van der Waals surface area contributed by atoms with Gasteiger partial charge in [0.1, 0.15) is 11.8 Å². The highest BCUT2D eigenvalue weighted by molar-refractivity contribution is 6.03. The summed E-state index contributed by atoms with van der Waals surface area (Å²) in [4.78, 5) is 21.8. The van der Waals surface area contributed by atoms with Gasteiger partial charge in [-0.2, -0.15) is 5.26 Å². The van der Waals surface area contributed by atoms with Crippen molar-refractivity contribution in [1.29, 1.82) is 5.26 Å². The van der Waals surface area contributed by atoms with E-state index in [2.05, 4.69) is 53.2 Å². The normalized spacial score (nSPS) is 26.3. The molecule has 2 heterocycles. The molecule has 2 aromatic rings. The third-order valence-electron chi connectivity index (χ3n) is 7.01. The van der Waals surface area contributed by atoms with Crippen LogP contribution in [-0.2, 0) is 5.60 Å². The lowest BCUT2D eigenvalue weighted by atomic mass is 9.77. The lowest BCUT2D eigenvalue weighted by molar-refractivity contribution is -0.0629. The number of rotatable bonds is 4. The molecule has 1 saturated heterocycles. The molecule has 1 aromatic heterocycles. The number of nitrogens with one attached hydrogen (secondary N) is 2. The van der Waals surface area contributed by atoms with Gasteiger partial charge in [0.2, 0.25) is 0 Å². The summed E-state index contributed by atoms with van der Waals surface area (Å²) in [5.74, 6) is -0.289. The van der Waals surface area contributed by atoms with Crippen molar-refractivity contribution in [3.63, 3.8) is 0 Å². The van der Waals surface area contributed by atoms with E-state index in [1.165, 1.54) is 18.2 Å². The van der Waals surface area contributed by atoms with Crippen LogP contribution < -0.4 is 5.32 Å². The number of aliphatic hydroxyl groups is 1. The van der Waals surface area contributed by atoms with Crippen molar-refractivity contribution in [2.24, 2.45) is 0 Å². The van der Waals surface area contributed by atoms with E-state index in [1.54, 1.807) is 0 Å². The lowest BCUT2D eigenvalue weighted by Crippen LogP contribution is -2.50. The number of nitrogens with zero attached hydrogens (tertiary/aromatic N) is 3. The van der Waals surface area contributed by atoms with Crippen molar-refractivity contribution in [2.45, 2.75) is 70.1 Å². The van der Waals surface area contributed by atoms with Crippen molar-refractivity contribution < 1.29 is 9.90 Å². The summed E-state index contributed by atoms with van der Waals surface area (Å²) in [6.45, 7) is 4.30. The Morgan fingerprint density at radius 3 is 2.69 bits per heavy atom. The van der Waals surface area contributed by atoms with Crippen LogP contribution in [0.5, 0.6) is 0 Å². The second-order valence-corrected chi connectivity index (χ2v) is 9.25. The zero-order valence-corrected chi connectivity index (χ0v) is 19.0. The van der Waals surface area contributed by atoms with E-state index in [0.29, 0.717) is 18.5 Å². The highest BCUT2D eigenvalue weighted by Crippen LogP contribution is 2.41. The molecule has 0 spiro atoms. The van der Waals surface area contributed by atoms with Crippen LogP contribution in [0.1, 0.15) is 79.8 Å². The number of piperidine rings is 1. The molecule has 3 N–H and O–H groups in total. The quantitative estimate of drug-likeness (QED) is 0.671. The largest absolute Gasteiger partial charge is 0.385 e. The summed E-state index contributed by atoms with van der Waals surface area (Å²) < 4.78 is 0. The molecule has 7 nitrogen and oxygen atoms in total. The van der Waals surface area contributed by atoms with Crippen molar-refractivity contribution in [3.8, 4) is 6.07 Å². The number of H-pyrrole nitrogens is 1. The molecule has 0 saturated carbocycles. The van der Waals surface area contributed by atoms with Gasteiger partial charge >= 0.3 is 0 Å². The Kier molecular flexibility index (Phi) is 6.18. The van der Waals surface area contributed by atoms with Crippen LogP contribution in [-0.4, -0.2) is 45.0 Å². The van der Waals surface area contributed by atoms with E-state index < -0.39 is 11.5 Å². The van der Waals surface area contributed by atoms with Crippen molar-refractivity contribution in [2.75, 3.05) is 12.4 Å². The number of likely N-dealkylation sites (tertiary alicyclic amines) is 1. The Bertz CT molecular complexity index is 1070. The Labute approximate surface area is 189 Å². The molecule has 1 amide bonds.